The molecule has 35 heavy (non-hydrogen) atoms. The maximum Gasteiger partial charge on any atom is 0.239 e. The molecule has 0 aliphatic carbocycles. The molecule has 4 aromatic heterocycles. The maximum absolute atomic E-state index is 5.88. The minimum atomic E-state index is 0.217. The summed E-state index contributed by atoms with van der Waals surface area (Å²) in [5.74, 6) is 3.71. The number of nitrogens with zero attached hydrogens (tertiary/aromatic N) is 5. The topological polar surface area (TPSA) is 91.6 Å². The van der Waals surface area contributed by atoms with Crippen LogP contribution in [0.4, 0.5) is 5.95 Å². The number of rotatable bonds is 9. The van der Waals surface area contributed by atoms with Crippen molar-refractivity contribution in [2.45, 2.75) is 25.5 Å². The van der Waals surface area contributed by atoms with E-state index in [0.717, 1.165) is 23.5 Å². The fourth-order valence-corrected chi connectivity index (χ4v) is 4.65. The van der Waals surface area contributed by atoms with Crippen LogP contribution in [0.2, 0.25) is 0 Å². The first-order valence-corrected chi connectivity index (χ1v) is 12.0. The summed E-state index contributed by atoms with van der Waals surface area (Å²) in [4.78, 5) is 4.49. The van der Waals surface area contributed by atoms with Gasteiger partial charge in [-0.15, -0.1) is 10.2 Å². The number of aromatic nitrogens is 5. The summed E-state index contributed by atoms with van der Waals surface area (Å²) in [5, 5.41) is 9.10. The molecule has 180 valence electrons. The molecule has 0 amide bonds. The molecular weight excluding hydrogens is 464 g/mol. The molecule has 0 aliphatic heterocycles. The predicted molar refractivity (Wildman–Crippen MR) is 136 cm³/mol. The third kappa shape index (κ3) is 4.44. The van der Waals surface area contributed by atoms with E-state index >= 15 is 0 Å². The van der Waals surface area contributed by atoms with Gasteiger partial charge in [0.05, 0.1) is 14.2 Å². The molecule has 0 saturated carbocycles. The number of benzene rings is 1. The third-order valence-electron chi connectivity index (χ3n) is 5.59. The molecule has 0 bridgehead atoms. The van der Waals surface area contributed by atoms with Crippen LogP contribution in [0.1, 0.15) is 18.4 Å². The molecule has 4 heterocycles. The Morgan fingerprint density at radius 3 is 2.54 bits per heavy atom. The third-order valence-corrected chi connectivity index (χ3v) is 6.46. The van der Waals surface area contributed by atoms with E-state index < -0.39 is 0 Å². The largest absolute Gasteiger partial charge is 0.494 e. The maximum atomic E-state index is 5.88. The molecule has 10 heteroatoms. The highest BCUT2D eigenvalue weighted by Gasteiger charge is 2.24. The van der Waals surface area contributed by atoms with Gasteiger partial charge >= 0.3 is 0 Å². The average Bonchev–Trinajstić information content (AvgIpc) is 3.60. The van der Waals surface area contributed by atoms with E-state index in [2.05, 4.69) is 31.2 Å². The van der Waals surface area contributed by atoms with E-state index in [1.54, 1.807) is 26.2 Å². The first-order valence-electron chi connectivity index (χ1n) is 11.1. The Balaban J connectivity index is 1.47. The molecule has 0 radical (unpaired) electrons. The fraction of sp³-hybridized carbons (Fsp3) is 0.240. The zero-order valence-corrected chi connectivity index (χ0v) is 20.7. The number of imidazole rings is 1. The van der Waals surface area contributed by atoms with Gasteiger partial charge in [0.15, 0.2) is 5.76 Å². The Morgan fingerprint density at radius 2 is 1.83 bits per heavy atom. The quantitative estimate of drug-likeness (QED) is 0.282. The van der Waals surface area contributed by atoms with Crippen molar-refractivity contribution in [2.24, 2.45) is 0 Å². The van der Waals surface area contributed by atoms with Crippen LogP contribution in [0.5, 0.6) is 11.5 Å². The molecule has 0 aliphatic rings. The molecule has 1 unspecified atom stereocenters. The van der Waals surface area contributed by atoms with Gasteiger partial charge in [0.1, 0.15) is 28.6 Å². The van der Waals surface area contributed by atoms with Gasteiger partial charge < -0.3 is 18.3 Å². The highest BCUT2D eigenvalue weighted by molar-refractivity contribution is 8.01. The Kier molecular flexibility index (Phi) is 6.37. The van der Waals surface area contributed by atoms with Crippen LogP contribution in [0.3, 0.4) is 0 Å². The van der Waals surface area contributed by atoms with Gasteiger partial charge in [0.2, 0.25) is 11.8 Å². The van der Waals surface area contributed by atoms with E-state index in [0.29, 0.717) is 34.7 Å². The Hall–Kier alpha value is -3.92. The standard InChI is InChI=1S/C25H26N6O3S/c1-16-11-12-21(34-16)24-27-28-25(31(24)23-19(32-3)8-7-9-20(23)33-4)29-35-17(2)14-18-15-26-22-10-5-6-13-30(18)22/h5-13,15,17H,14H2,1-4H3,(H,28,29). The van der Waals surface area contributed by atoms with Crippen LogP contribution in [0.25, 0.3) is 22.9 Å². The molecule has 5 aromatic rings. The van der Waals surface area contributed by atoms with Gasteiger partial charge in [0.25, 0.3) is 0 Å². The van der Waals surface area contributed by atoms with Crippen LogP contribution < -0.4 is 14.2 Å². The van der Waals surface area contributed by atoms with Crippen molar-refractivity contribution in [3.8, 4) is 28.8 Å². The highest BCUT2D eigenvalue weighted by atomic mass is 32.2. The first kappa shape index (κ1) is 22.9. The number of ether oxygens (including phenoxy) is 2. The van der Waals surface area contributed by atoms with E-state index in [1.807, 2.05) is 72.4 Å². The minimum Gasteiger partial charge on any atom is -0.494 e. The number of hydrogen-bond acceptors (Lipinski definition) is 8. The number of hydrogen-bond donors (Lipinski definition) is 1. The van der Waals surface area contributed by atoms with Crippen LogP contribution >= 0.6 is 11.9 Å². The molecule has 9 nitrogen and oxygen atoms in total. The van der Waals surface area contributed by atoms with Crippen LogP contribution in [-0.4, -0.2) is 43.6 Å². The Bertz CT molecular complexity index is 1430. The van der Waals surface area contributed by atoms with E-state index in [1.165, 1.54) is 0 Å². The number of pyridine rings is 1. The van der Waals surface area contributed by atoms with Gasteiger partial charge in [-0.25, -0.2) is 4.98 Å². The van der Waals surface area contributed by atoms with Crippen LogP contribution in [0.15, 0.2) is 65.3 Å². The van der Waals surface area contributed by atoms with Gasteiger partial charge in [0, 0.05) is 29.8 Å². The molecule has 5 rings (SSSR count). The lowest BCUT2D eigenvalue weighted by atomic mass is 10.2. The SMILES string of the molecule is COc1cccc(OC)c1-n1c(NSC(C)Cc2cnc3ccccn23)nnc1-c1ccc(C)o1. The van der Waals surface area contributed by atoms with E-state index in [4.69, 9.17) is 13.9 Å². The molecule has 1 N–H and O–H groups in total. The molecular formula is C25H26N6O3S. The fourth-order valence-electron chi connectivity index (χ4n) is 3.95. The van der Waals surface area contributed by atoms with Gasteiger partial charge in [-0.3, -0.25) is 9.29 Å². The second kappa shape index (κ2) is 9.75. The van der Waals surface area contributed by atoms with E-state index in [-0.39, 0.29) is 5.25 Å². The summed E-state index contributed by atoms with van der Waals surface area (Å²) < 4.78 is 24.6. The predicted octanol–water partition coefficient (Wildman–Crippen LogP) is 5.19. The van der Waals surface area contributed by atoms with Crippen molar-refractivity contribution in [2.75, 3.05) is 18.9 Å². The lowest BCUT2D eigenvalue weighted by molar-refractivity contribution is 0.391. The molecule has 0 spiro atoms. The van der Waals surface area contributed by atoms with Crippen LogP contribution in [-0.2, 0) is 6.42 Å². The normalized spacial score (nSPS) is 12.1. The summed E-state index contributed by atoms with van der Waals surface area (Å²) in [7, 11) is 3.25. The van der Waals surface area contributed by atoms with Gasteiger partial charge in [-0.1, -0.05) is 19.1 Å². The summed E-state index contributed by atoms with van der Waals surface area (Å²) in [6, 6.07) is 15.4. The second-order valence-electron chi connectivity index (χ2n) is 8.02. The van der Waals surface area contributed by atoms with Crippen molar-refractivity contribution in [3.05, 3.63) is 72.4 Å². The number of fused-ring (bicyclic) bond motifs is 1. The van der Waals surface area contributed by atoms with Gasteiger partial charge in [-0.05, 0) is 55.3 Å². The Morgan fingerprint density at radius 1 is 1.03 bits per heavy atom. The number of para-hydroxylation sites is 1. The minimum absolute atomic E-state index is 0.217. The number of aryl methyl sites for hydroxylation is 1. The molecule has 1 atom stereocenters. The zero-order valence-electron chi connectivity index (χ0n) is 19.9. The number of furan rings is 1. The van der Waals surface area contributed by atoms with Crippen LogP contribution in [0, 0.1) is 6.92 Å². The van der Waals surface area contributed by atoms with Crippen molar-refractivity contribution in [1.82, 2.24) is 24.1 Å². The number of methoxy groups -OCH3 is 2. The summed E-state index contributed by atoms with van der Waals surface area (Å²) in [6.07, 6.45) is 4.77. The molecule has 0 fully saturated rings. The number of anilines is 1. The van der Waals surface area contributed by atoms with Crippen molar-refractivity contribution in [3.63, 3.8) is 0 Å². The smallest absolute Gasteiger partial charge is 0.239 e. The van der Waals surface area contributed by atoms with E-state index in [9.17, 15) is 0 Å². The highest BCUT2D eigenvalue weighted by Crippen LogP contribution is 2.38. The summed E-state index contributed by atoms with van der Waals surface area (Å²) >= 11 is 1.56. The van der Waals surface area contributed by atoms with Crippen molar-refractivity contribution < 1.29 is 13.9 Å². The van der Waals surface area contributed by atoms with Crippen molar-refractivity contribution in [1.29, 1.82) is 0 Å². The van der Waals surface area contributed by atoms with Gasteiger partial charge in [-0.2, -0.15) is 0 Å². The average molecular weight is 491 g/mol. The monoisotopic (exact) mass is 490 g/mol. The summed E-state index contributed by atoms with van der Waals surface area (Å²) in [5.41, 5.74) is 2.76. The molecule has 0 saturated heterocycles. The lowest BCUT2D eigenvalue weighted by Gasteiger charge is -2.18. The number of nitrogens with one attached hydrogen (secondary N) is 1. The Labute approximate surface area is 207 Å². The lowest BCUT2D eigenvalue weighted by Crippen LogP contribution is -2.10. The summed E-state index contributed by atoms with van der Waals surface area (Å²) in [6.45, 7) is 4.05. The zero-order chi connectivity index (χ0) is 24.4. The second-order valence-corrected chi connectivity index (χ2v) is 9.26. The van der Waals surface area contributed by atoms with Crippen molar-refractivity contribution >= 4 is 23.5 Å². The molecule has 1 aromatic carbocycles. The first-order chi connectivity index (χ1) is 17.1.